The number of nitrogens with zero attached hydrogens (tertiary/aromatic N) is 2. The number of rotatable bonds is 12. The van der Waals surface area contributed by atoms with Gasteiger partial charge in [0.1, 0.15) is 0 Å². The molecule has 0 saturated heterocycles. The Morgan fingerprint density at radius 3 is 2.00 bits per heavy atom. The topological polar surface area (TPSA) is 17.8 Å². The second-order valence-electron chi connectivity index (χ2n) is 6.25. The third-order valence-corrected chi connectivity index (χ3v) is 4.20. The van der Waals surface area contributed by atoms with E-state index in [1.807, 2.05) is 11.7 Å². The minimum Gasteiger partial charge on any atom is -0.276 e. The van der Waals surface area contributed by atoms with E-state index in [0.717, 1.165) is 5.92 Å². The maximum absolute atomic E-state index is 4.56. The van der Waals surface area contributed by atoms with Gasteiger partial charge in [0.2, 0.25) is 0 Å². The van der Waals surface area contributed by atoms with Crippen molar-refractivity contribution < 1.29 is 0 Å². The molecule has 1 aromatic rings. The molecule has 0 spiro atoms. The van der Waals surface area contributed by atoms with Crippen molar-refractivity contribution >= 4 is 0 Å². The van der Waals surface area contributed by atoms with E-state index >= 15 is 0 Å². The van der Waals surface area contributed by atoms with Crippen LogP contribution in [-0.2, 0) is 13.5 Å². The van der Waals surface area contributed by atoms with Crippen LogP contribution < -0.4 is 0 Å². The van der Waals surface area contributed by atoms with E-state index in [2.05, 4.69) is 31.2 Å². The van der Waals surface area contributed by atoms with Crippen LogP contribution >= 0.6 is 0 Å². The van der Waals surface area contributed by atoms with Gasteiger partial charge in [0, 0.05) is 13.2 Å². The van der Waals surface area contributed by atoms with Crippen LogP contribution in [0.1, 0.15) is 83.7 Å². The van der Waals surface area contributed by atoms with E-state index in [-0.39, 0.29) is 0 Å². The third-order valence-electron chi connectivity index (χ3n) is 4.20. The maximum Gasteiger partial charge on any atom is 0.0627 e. The molecular weight excluding hydrogens is 244 g/mol. The van der Waals surface area contributed by atoms with Crippen molar-refractivity contribution in [2.45, 2.75) is 84.5 Å². The summed E-state index contributed by atoms with van der Waals surface area (Å²) in [6.07, 6.45) is 17.1. The minimum atomic E-state index is 0.846. The van der Waals surface area contributed by atoms with E-state index in [1.165, 1.54) is 76.3 Å². The molecule has 0 aliphatic heterocycles. The minimum absolute atomic E-state index is 0.846. The van der Waals surface area contributed by atoms with E-state index in [0.29, 0.717) is 0 Å². The maximum atomic E-state index is 4.56. The zero-order valence-corrected chi connectivity index (χ0v) is 13.9. The van der Waals surface area contributed by atoms with E-state index in [4.69, 9.17) is 0 Å². The second kappa shape index (κ2) is 10.9. The molecule has 0 aliphatic rings. The molecule has 0 amide bonds. The summed E-state index contributed by atoms with van der Waals surface area (Å²) in [6.45, 7) is 4.58. The van der Waals surface area contributed by atoms with Crippen LogP contribution in [0.15, 0.2) is 12.3 Å². The first-order chi connectivity index (χ1) is 9.76. The lowest BCUT2D eigenvalue weighted by atomic mass is 9.90. The molecule has 1 heterocycles. The fourth-order valence-electron chi connectivity index (χ4n) is 2.94. The Morgan fingerprint density at radius 1 is 0.950 bits per heavy atom. The smallest absolute Gasteiger partial charge is 0.0627 e. The molecule has 116 valence electrons. The quantitative estimate of drug-likeness (QED) is 0.460. The van der Waals surface area contributed by atoms with Crippen molar-refractivity contribution in [1.82, 2.24) is 9.78 Å². The molecule has 1 rings (SSSR count). The summed E-state index contributed by atoms with van der Waals surface area (Å²) < 4.78 is 1.93. The number of aromatic nitrogens is 2. The predicted molar refractivity (Wildman–Crippen MR) is 87.9 cm³/mol. The zero-order chi connectivity index (χ0) is 14.6. The first kappa shape index (κ1) is 17.3. The van der Waals surface area contributed by atoms with Crippen molar-refractivity contribution in [3.63, 3.8) is 0 Å². The van der Waals surface area contributed by atoms with Crippen molar-refractivity contribution in [1.29, 1.82) is 0 Å². The average molecular weight is 278 g/mol. The van der Waals surface area contributed by atoms with Crippen LogP contribution in [0.5, 0.6) is 0 Å². The molecule has 0 radical (unpaired) electrons. The summed E-state index contributed by atoms with van der Waals surface area (Å²) in [7, 11) is 2.01. The Bertz CT molecular complexity index is 318. The molecule has 1 aromatic heterocycles. The molecule has 2 nitrogen and oxygen atoms in total. The van der Waals surface area contributed by atoms with Gasteiger partial charge in [-0.15, -0.1) is 0 Å². The lowest BCUT2D eigenvalue weighted by Crippen LogP contribution is -2.06. The molecule has 2 heteroatoms. The molecule has 0 N–H and O–H groups in total. The largest absolute Gasteiger partial charge is 0.276 e. The van der Waals surface area contributed by atoms with Gasteiger partial charge in [0.25, 0.3) is 0 Å². The lowest BCUT2D eigenvalue weighted by Gasteiger charge is -2.15. The van der Waals surface area contributed by atoms with Crippen LogP contribution in [-0.4, -0.2) is 9.78 Å². The highest BCUT2D eigenvalue weighted by atomic mass is 15.2. The SMILES string of the molecule is CCCCCCC(CCCCCC)Cc1ccn(C)n1. The first-order valence-corrected chi connectivity index (χ1v) is 8.74. The normalized spacial score (nSPS) is 11.4. The lowest BCUT2D eigenvalue weighted by molar-refractivity contribution is 0.399. The third kappa shape index (κ3) is 7.72. The fraction of sp³-hybridized carbons (Fsp3) is 0.833. The summed E-state index contributed by atoms with van der Waals surface area (Å²) in [5.41, 5.74) is 1.28. The summed E-state index contributed by atoms with van der Waals surface area (Å²) in [4.78, 5) is 0. The van der Waals surface area contributed by atoms with Gasteiger partial charge in [0.15, 0.2) is 0 Å². The predicted octanol–water partition coefficient (Wildman–Crippen LogP) is 5.52. The summed E-state index contributed by atoms with van der Waals surface area (Å²) in [5, 5.41) is 4.56. The first-order valence-electron chi connectivity index (χ1n) is 8.74. The monoisotopic (exact) mass is 278 g/mol. The van der Waals surface area contributed by atoms with Crippen molar-refractivity contribution in [2.75, 3.05) is 0 Å². The van der Waals surface area contributed by atoms with Crippen molar-refractivity contribution in [2.24, 2.45) is 13.0 Å². The van der Waals surface area contributed by atoms with Gasteiger partial charge in [-0.05, 0) is 18.4 Å². The number of hydrogen-bond donors (Lipinski definition) is 0. The Hall–Kier alpha value is -0.790. The molecule has 0 aromatic carbocycles. The number of hydrogen-bond acceptors (Lipinski definition) is 1. The number of aryl methyl sites for hydroxylation is 1. The molecule has 0 atom stereocenters. The van der Waals surface area contributed by atoms with E-state index in [1.54, 1.807) is 0 Å². The zero-order valence-electron chi connectivity index (χ0n) is 13.9. The standard InChI is InChI=1S/C18H34N2/c1-4-6-8-10-12-17(13-11-9-7-5-2)16-18-14-15-20(3)19-18/h14-15,17H,4-13,16H2,1-3H3. The fourth-order valence-corrected chi connectivity index (χ4v) is 2.94. The molecule has 0 aliphatic carbocycles. The summed E-state index contributed by atoms with van der Waals surface area (Å²) in [5.74, 6) is 0.846. The van der Waals surface area contributed by atoms with Crippen molar-refractivity contribution in [3.8, 4) is 0 Å². The van der Waals surface area contributed by atoms with Gasteiger partial charge in [-0.25, -0.2) is 0 Å². The molecule has 0 bridgehead atoms. The van der Waals surface area contributed by atoms with Gasteiger partial charge in [-0.3, -0.25) is 4.68 Å². The van der Waals surface area contributed by atoms with E-state index < -0.39 is 0 Å². The van der Waals surface area contributed by atoms with E-state index in [9.17, 15) is 0 Å². The second-order valence-corrected chi connectivity index (χ2v) is 6.25. The van der Waals surface area contributed by atoms with Crippen LogP contribution in [0, 0.1) is 5.92 Å². The highest BCUT2D eigenvalue weighted by Crippen LogP contribution is 2.22. The molecule has 0 fully saturated rings. The molecular formula is C18H34N2. The van der Waals surface area contributed by atoms with Gasteiger partial charge in [-0.1, -0.05) is 78.1 Å². The average Bonchev–Trinajstić information content (AvgIpc) is 2.84. The van der Waals surface area contributed by atoms with Gasteiger partial charge in [0.05, 0.1) is 5.69 Å². The number of unbranched alkanes of at least 4 members (excludes halogenated alkanes) is 6. The summed E-state index contributed by atoms with van der Waals surface area (Å²) in [6, 6.07) is 2.19. The highest BCUT2D eigenvalue weighted by Gasteiger charge is 2.11. The van der Waals surface area contributed by atoms with Crippen LogP contribution in [0.4, 0.5) is 0 Å². The Balaban J connectivity index is 2.33. The molecule has 0 unspecified atom stereocenters. The Kier molecular flexibility index (Phi) is 9.44. The van der Waals surface area contributed by atoms with Crippen LogP contribution in [0.2, 0.25) is 0 Å². The van der Waals surface area contributed by atoms with Crippen LogP contribution in [0.3, 0.4) is 0 Å². The van der Waals surface area contributed by atoms with Crippen LogP contribution in [0.25, 0.3) is 0 Å². The molecule has 20 heavy (non-hydrogen) atoms. The van der Waals surface area contributed by atoms with Gasteiger partial charge < -0.3 is 0 Å². The van der Waals surface area contributed by atoms with Gasteiger partial charge in [-0.2, -0.15) is 5.10 Å². The van der Waals surface area contributed by atoms with Crippen molar-refractivity contribution in [3.05, 3.63) is 18.0 Å². The molecule has 0 saturated carbocycles. The van der Waals surface area contributed by atoms with Gasteiger partial charge >= 0.3 is 0 Å². The Labute approximate surface area is 126 Å². The highest BCUT2D eigenvalue weighted by molar-refractivity contribution is 4.99. The Morgan fingerprint density at radius 2 is 1.55 bits per heavy atom. The summed E-state index contributed by atoms with van der Waals surface area (Å²) >= 11 is 0.